The van der Waals surface area contributed by atoms with Crippen molar-refractivity contribution in [3.05, 3.63) is 65.0 Å². The van der Waals surface area contributed by atoms with E-state index in [4.69, 9.17) is 4.74 Å². The van der Waals surface area contributed by atoms with Gasteiger partial charge in [0, 0.05) is 11.6 Å². The number of rotatable bonds is 2. The van der Waals surface area contributed by atoms with E-state index in [1.54, 1.807) is 17.7 Å². The van der Waals surface area contributed by atoms with Crippen LogP contribution in [0.4, 0.5) is 0 Å². The lowest BCUT2D eigenvalue weighted by atomic mass is 10.1. The quantitative estimate of drug-likeness (QED) is 0.618. The van der Waals surface area contributed by atoms with E-state index >= 15 is 0 Å². The van der Waals surface area contributed by atoms with Crippen molar-refractivity contribution in [2.75, 3.05) is 7.11 Å². The van der Waals surface area contributed by atoms with Gasteiger partial charge < -0.3 is 9.72 Å². The van der Waals surface area contributed by atoms with Gasteiger partial charge >= 0.3 is 0 Å². The summed E-state index contributed by atoms with van der Waals surface area (Å²) in [4.78, 5) is 15.0. The molecule has 0 bridgehead atoms. The molecule has 0 radical (unpaired) electrons. The normalized spacial score (nSPS) is 11.1. The van der Waals surface area contributed by atoms with Gasteiger partial charge in [0.1, 0.15) is 11.4 Å². The van der Waals surface area contributed by atoms with Crippen molar-refractivity contribution in [2.24, 2.45) is 0 Å². The Morgan fingerprint density at radius 1 is 1.09 bits per heavy atom. The summed E-state index contributed by atoms with van der Waals surface area (Å²) in [7, 11) is 1.64. The highest BCUT2D eigenvalue weighted by atomic mass is 16.5. The highest BCUT2D eigenvalue weighted by Crippen LogP contribution is 2.23. The van der Waals surface area contributed by atoms with E-state index in [2.05, 4.69) is 10.1 Å². The van der Waals surface area contributed by atoms with Gasteiger partial charge in [-0.2, -0.15) is 5.10 Å². The van der Waals surface area contributed by atoms with E-state index in [1.807, 2.05) is 48.5 Å². The zero-order chi connectivity index (χ0) is 15.1. The van der Waals surface area contributed by atoms with Crippen LogP contribution >= 0.6 is 0 Å². The largest absolute Gasteiger partial charge is 0.497 e. The lowest BCUT2D eigenvalue weighted by Crippen LogP contribution is -2.09. The van der Waals surface area contributed by atoms with Crippen LogP contribution in [-0.2, 0) is 0 Å². The van der Waals surface area contributed by atoms with Crippen LogP contribution in [0, 0.1) is 0 Å². The van der Waals surface area contributed by atoms with Gasteiger partial charge in [0.2, 0.25) is 0 Å². The number of H-pyrrole nitrogens is 1. The molecule has 108 valence electrons. The first-order chi connectivity index (χ1) is 10.8. The summed E-state index contributed by atoms with van der Waals surface area (Å²) in [5.74, 6) is 0.798. The number of aromatic amines is 1. The van der Waals surface area contributed by atoms with E-state index in [-0.39, 0.29) is 5.56 Å². The number of methoxy groups -OCH3 is 1. The molecule has 1 N–H and O–H groups in total. The summed E-state index contributed by atoms with van der Waals surface area (Å²) in [5, 5.41) is 5.24. The lowest BCUT2D eigenvalue weighted by molar-refractivity contribution is 0.415. The van der Waals surface area contributed by atoms with Crippen LogP contribution in [0.2, 0.25) is 0 Å². The number of aromatic nitrogens is 3. The Bertz CT molecular complexity index is 1030. The summed E-state index contributed by atoms with van der Waals surface area (Å²) < 4.78 is 6.92. The minimum atomic E-state index is -0.107. The van der Waals surface area contributed by atoms with Gasteiger partial charge in [-0.1, -0.05) is 12.1 Å². The number of para-hydroxylation sites is 1. The van der Waals surface area contributed by atoms with Gasteiger partial charge in [-0.15, -0.1) is 0 Å². The van der Waals surface area contributed by atoms with Crippen molar-refractivity contribution in [1.29, 1.82) is 0 Å². The number of hydrogen-bond donors (Lipinski definition) is 1. The zero-order valence-electron chi connectivity index (χ0n) is 11.9. The Morgan fingerprint density at radius 3 is 2.64 bits per heavy atom. The molecule has 0 amide bonds. The van der Waals surface area contributed by atoms with Crippen molar-refractivity contribution in [2.45, 2.75) is 0 Å². The number of benzene rings is 2. The maximum absolute atomic E-state index is 12.1. The molecule has 0 spiro atoms. The third-order valence-corrected chi connectivity index (χ3v) is 3.71. The molecule has 0 fully saturated rings. The van der Waals surface area contributed by atoms with Crippen LogP contribution < -0.4 is 10.3 Å². The molecule has 2 heterocycles. The monoisotopic (exact) mass is 291 g/mol. The van der Waals surface area contributed by atoms with Crippen molar-refractivity contribution in [1.82, 2.24) is 14.6 Å². The van der Waals surface area contributed by atoms with E-state index in [0.29, 0.717) is 11.0 Å². The van der Waals surface area contributed by atoms with Crippen LogP contribution in [0.1, 0.15) is 0 Å². The van der Waals surface area contributed by atoms with Gasteiger partial charge in [0.25, 0.3) is 5.56 Å². The first kappa shape index (κ1) is 12.6. The highest BCUT2D eigenvalue weighted by molar-refractivity contribution is 5.81. The molecule has 2 aromatic carbocycles. The van der Waals surface area contributed by atoms with Crippen molar-refractivity contribution < 1.29 is 4.74 Å². The molecule has 22 heavy (non-hydrogen) atoms. The first-order valence-corrected chi connectivity index (χ1v) is 6.91. The van der Waals surface area contributed by atoms with Gasteiger partial charge in [-0.05, 0) is 36.4 Å². The molecule has 0 saturated carbocycles. The zero-order valence-corrected chi connectivity index (χ0v) is 11.9. The fourth-order valence-electron chi connectivity index (χ4n) is 2.59. The molecule has 2 aromatic heterocycles. The summed E-state index contributed by atoms with van der Waals surface area (Å²) in [6, 6.07) is 17.0. The van der Waals surface area contributed by atoms with Crippen LogP contribution in [-0.4, -0.2) is 21.7 Å². The molecule has 0 aliphatic heterocycles. The SMILES string of the molecule is COc1ccc(-c2cc3[nH]c(=O)c4ccccc4n3n2)cc1. The summed E-state index contributed by atoms with van der Waals surface area (Å²) >= 11 is 0. The number of ether oxygens (including phenoxy) is 1. The third-order valence-electron chi connectivity index (χ3n) is 3.71. The standard InChI is InChI=1S/C17H13N3O2/c1-22-12-8-6-11(7-9-12)14-10-16-18-17(21)13-4-2-3-5-15(13)20(16)19-14/h2-10H,1H3,(H,18,21). The van der Waals surface area contributed by atoms with Gasteiger partial charge in [-0.25, -0.2) is 4.52 Å². The third kappa shape index (κ3) is 1.87. The average molecular weight is 291 g/mol. The average Bonchev–Trinajstić information content (AvgIpc) is 2.99. The Hall–Kier alpha value is -3.08. The van der Waals surface area contributed by atoms with Crippen LogP contribution in [0.15, 0.2) is 59.4 Å². The van der Waals surface area contributed by atoms with Crippen molar-refractivity contribution in [3.63, 3.8) is 0 Å². The molecule has 4 aromatic rings. The molecule has 0 saturated heterocycles. The Balaban J connectivity index is 1.97. The number of hydrogen-bond acceptors (Lipinski definition) is 3. The second kappa shape index (κ2) is 4.73. The van der Waals surface area contributed by atoms with E-state index in [0.717, 1.165) is 22.5 Å². The van der Waals surface area contributed by atoms with E-state index in [9.17, 15) is 4.79 Å². The van der Waals surface area contributed by atoms with Crippen molar-refractivity contribution >= 4 is 16.6 Å². The molecular weight excluding hydrogens is 278 g/mol. The van der Waals surface area contributed by atoms with Crippen LogP contribution in [0.5, 0.6) is 5.75 Å². The van der Waals surface area contributed by atoms with E-state index < -0.39 is 0 Å². The molecule has 0 aliphatic rings. The van der Waals surface area contributed by atoms with E-state index in [1.165, 1.54) is 0 Å². The van der Waals surface area contributed by atoms with Crippen LogP contribution in [0.3, 0.4) is 0 Å². The minimum Gasteiger partial charge on any atom is -0.497 e. The Morgan fingerprint density at radius 2 is 1.86 bits per heavy atom. The van der Waals surface area contributed by atoms with Gasteiger partial charge in [0.15, 0.2) is 0 Å². The first-order valence-electron chi connectivity index (χ1n) is 6.91. The summed E-state index contributed by atoms with van der Waals surface area (Å²) in [6.45, 7) is 0. The fourth-order valence-corrected chi connectivity index (χ4v) is 2.59. The summed E-state index contributed by atoms with van der Waals surface area (Å²) in [5.41, 5.74) is 3.13. The van der Waals surface area contributed by atoms with Gasteiger partial charge in [0.05, 0.1) is 23.7 Å². The van der Waals surface area contributed by atoms with Crippen molar-refractivity contribution in [3.8, 4) is 17.0 Å². The molecule has 0 aliphatic carbocycles. The smallest absolute Gasteiger partial charge is 0.259 e. The molecule has 5 nitrogen and oxygen atoms in total. The highest BCUT2D eigenvalue weighted by Gasteiger charge is 2.09. The van der Waals surface area contributed by atoms with Crippen LogP contribution in [0.25, 0.3) is 27.8 Å². The Kier molecular flexibility index (Phi) is 2.72. The second-order valence-electron chi connectivity index (χ2n) is 5.03. The number of nitrogens with one attached hydrogen (secondary N) is 1. The molecule has 4 rings (SSSR count). The second-order valence-corrected chi connectivity index (χ2v) is 5.03. The molecule has 0 unspecified atom stereocenters. The maximum atomic E-state index is 12.1. The summed E-state index contributed by atoms with van der Waals surface area (Å²) in [6.07, 6.45) is 0. The number of nitrogens with zero attached hydrogens (tertiary/aromatic N) is 2. The Labute approximate surface area is 125 Å². The maximum Gasteiger partial charge on any atom is 0.259 e. The fraction of sp³-hybridized carbons (Fsp3) is 0.0588. The minimum absolute atomic E-state index is 0.107. The topological polar surface area (TPSA) is 59.4 Å². The lowest BCUT2D eigenvalue weighted by Gasteiger charge is -2.00. The molecule has 5 heteroatoms. The number of fused-ring (bicyclic) bond motifs is 3. The predicted molar refractivity (Wildman–Crippen MR) is 85.3 cm³/mol. The molecule has 0 atom stereocenters. The molecular formula is C17H13N3O2. The van der Waals surface area contributed by atoms with Gasteiger partial charge in [-0.3, -0.25) is 4.79 Å². The predicted octanol–water partition coefficient (Wildman–Crippen LogP) is 2.85.